The van der Waals surface area contributed by atoms with Gasteiger partial charge < -0.3 is 21.3 Å². The number of nitrogens with two attached hydrogens (primary N) is 1. The molecule has 1 aliphatic heterocycles. The van der Waals surface area contributed by atoms with Crippen LogP contribution in [0, 0.1) is 18.3 Å². The van der Waals surface area contributed by atoms with Gasteiger partial charge in [-0.1, -0.05) is 5.92 Å². The lowest BCUT2D eigenvalue weighted by molar-refractivity contribution is -0.123. The van der Waals surface area contributed by atoms with Crippen LogP contribution in [-0.4, -0.2) is 56.0 Å². The molecule has 0 aliphatic carbocycles. The van der Waals surface area contributed by atoms with Crippen LogP contribution in [0.5, 0.6) is 0 Å². The minimum absolute atomic E-state index is 0.0748. The Morgan fingerprint density at radius 2 is 2.09 bits per heavy atom. The Morgan fingerprint density at radius 3 is 2.68 bits per heavy atom. The molecule has 4 N–H and O–H groups in total. The number of rotatable bonds is 8. The van der Waals surface area contributed by atoms with E-state index in [4.69, 9.17) is 12.2 Å². The molecule has 0 unspecified atom stereocenters. The summed E-state index contributed by atoms with van der Waals surface area (Å²) in [6.45, 7) is 7.15. The fraction of sp³-hybridized carbons (Fsp3) is 0.750. The lowest BCUT2D eigenvalue weighted by Gasteiger charge is -2.30. The van der Waals surface area contributed by atoms with Crippen molar-refractivity contribution in [3.05, 3.63) is 0 Å². The largest absolute Gasteiger partial charge is 0.369 e. The summed E-state index contributed by atoms with van der Waals surface area (Å²) in [4.78, 5) is 18.0. The molecule has 1 rings (SSSR count). The van der Waals surface area contributed by atoms with E-state index in [-0.39, 0.29) is 11.8 Å². The average Bonchev–Trinajstić information content (AvgIpc) is 2.52. The Kier molecular flexibility index (Phi) is 9.08. The van der Waals surface area contributed by atoms with Crippen molar-refractivity contribution < 1.29 is 4.79 Å². The van der Waals surface area contributed by atoms with E-state index >= 15 is 0 Å². The van der Waals surface area contributed by atoms with E-state index < -0.39 is 0 Å². The van der Waals surface area contributed by atoms with Crippen molar-refractivity contribution in [1.82, 2.24) is 15.5 Å². The highest BCUT2D eigenvalue weighted by Crippen LogP contribution is 2.16. The number of amides is 1. The maximum atomic E-state index is 11.1. The van der Waals surface area contributed by atoms with Crippen LogP contribution in [0.25, 0.3) is 0 Å². The maximum Gasteiger partial charge on any atom is 0.220 e. The first-order valence-electron chi connectivity index (χ1n) is 8.14. The lowest BCUT2D eigenvalue weighted by atomic mass is 9.96. The molecule has 0 aromatic rings. The molecular weight excluding hydrogens is 278 g/mol. The zero-order valence-corrected chi connectivity index (χ0v) is 13.6. The molecule has 6 nitrogen and oxygen atoms in total. The Balaban J connectivity index is 2.14. The summed E-state index contributed by atoms with van der Waals surface area (Å²) in [5.41, 5.74) is 5.34. The fourth-order valence-electron chi connectivity index (χ4n) is 2.56. The first-order chi connectivity index (χ1) is 10.7. The van der Waals surface area contributed by atoms with E-state index in [0.29, 0.717) is 6.54 Å². The molecule has 0 aromatic heterocycles. The normalized spacial score (nSPS) is 17.0. The summed E-state index contributed by atoms with van der Waals surface area (Å²) in [6.07, 6.45) is 9.18. The molecule has 1 aliphatic rings. The van der Waals surface area contributed by atoms with E-state index in [1.54, 1.807) is 0 Å². The van der Waals surface area contributed by atoms with E-state index in [9.17, 15) is 4.79 Å². The van der Waals surface area contributed by atoms with Crippen LogP contribution in [0.3, 0.4) is 0 Å². The molecule has 1 amide bonds. The number of carbonyl (C=O) groups is 1. The quantitative estimate of drug-likeness (QED) is 0.258. The van der Waals surface area contributed by atoms with Gasteiger partial charge in [-0.15, -0.1) is 6.42 Å². The number of terminal acetylenes is 1. The van der Waals surface area contributed by atoms with Crippen LogP contribution < -0.4 is 16.4 Å². The number of hydrogen-bond donors (Lipinski definition) is 3. The number of carbonyl (C=O) groups excluding carboxylic acids is 1. The maximum absolute atomic E-state index is 11.1. The molecule has 0 atom stereocenters. The van der Waals surface area contributed by atoms with E-state index in [1.807, 2.05) is 6.92 Å². The second kappa shape index (κ2) is 10.9. The second-order valence-corrected chi connectivity index (χ2v) is 5.54. The third-order valence-electron chi connectivity index (χ3n) is 3.84. The molecular formula is C16H29N5O. The van der Waals surface area contributed by atoms with Crippen LogP contribution in [-0.2, 0) is 4.79 Å². The zero-order chi connectivity index (χ0) is 16.2. The highest BCUT2D eigenvalue weighted by molar-refractivity contribution is 5.79. The topological polar surface area (TPSA) is 82.8 Å². The summed E-state index contributed by atoms with van der Waals surface area (Å²) in [5, 5.41) is 6.24. The molecule has 0 spiro atoms. The smallest absolute Gasteiger partial charge is 0.220 e. The number of likely N-dealkylation sites (tertiary alicyclic amines) is 1. The second-order valence-electron chi connectivity index (χ2n) is 5.54. The number of hydrogen-bond acceptors (Lipinski definition) is 3. The summed E-state index contributed by atoms with van der Waals surface area (Å²) in [6, 6.07) is 0. The summed E-state index contributed by atoms with van der Waals surface area (Å²) >= 11 is 0. The first kappa shape index (κ1) is 18.3. The molecule has 0 bridgehead atoms. The van der Waals surface area contributed by atoms with Crippen LogP contribution in [0.4, 0.5) is 0 Å². The van der Waals surface area contributed by atoms with Gasteiger partial charge in [0, 0.05) is 19.0 Å². The standard InChI is InChI=1S/C16H29N5O/c1-3-9-19-16(18-4-2)20-10-5-6-11-21-12-7-14(8-13-21)15(17)22/h1,14H,4-13H2,2H3,(H2,17,22)(H2,18,19,20). The van der Waals surface area contributed by atoms with Gasteiger partial charge in [-0.05, 0) is 52.2 Å². The van der Waals surface area contributed by atoms with E-state index in [2.05, 4.69) is 26.4 Å². The number of aliphatic imine (C=N–C) groups is 1. The highest BCUT2D eigenvalue weighted by Gasteiger charge is 2.22. The third-order valence-corrected chi connectivity index (χ3v) is 3.84. The van der Waals surface area contributed by atoms with Gasteiger partial charge in [-0.2, -0.15) is 0 Å². The molecule has 1 heterocycles. The van der Waals surface area contributed by atoms with Crippen molar-refractivity contribution in [2.45, 2.75) is 32.6 Å². The van der Waals surface area contributed by atoms with Gasteiger partial charge in [0.05, 0.1) is 6.54 Å². The van der Waals surface area contributed by atoms with Crippen LogP contribution in [0.1, 0.15) is 32.6 Å². The number of nitrogens with one attached hydrogen (secondary N) is 2. The fourth-order valence-corrected chi connectivity index (χ4v) is 2.56. The Hall–Kier alpha value is -1.74. The van der Waals surface area contributed by atoms with Crippen LogP contribution >= 0.6 is 0 Å². The highest BCUT2D eigenvalue weighted by atomic mass is 16.1. The van der Waals surface area contributed by atoms with Gasteiger partial charge in [0.25, 0.3) is 0 Å². The van der Waals surface area contributed by atoms with Gasteiger partial charge in [0.1, 0.15) is 0 Å². The number of piperidine rings is 1. The van der Waals surface area contributed by atoms with Gasteiger partial charge in [0.15, 0.2) is 5.96 Å². The first-order valence-corrected chi connectivity index (χ1v) is 8.14. The molecule has 0 saturated carbocycles. The Bertz CT molecular complexity index is 394. The van der Waals surface area contributed by atoms with Crippen molar-refractivity contribution >= 4 is 11.9 Å². The number of guanidine groups is 1. The van der Waals surface area contributed by atoms with Gasteiger partial charge in [0.2, 0.25) is 5.91 Å². The van der Waals surface area contributed by atoms with E-state index in [1.165, 1.54) is 0 Å². The minimum atomic E-state index is -0.149. The predicted molar refractivity (Wildman–Crippen MR) is 90.4 cm³/mol. The van der Waals surface area contributed by atoms with Crippen molar-refractivity contribution in [2.24, 2.45) is 16.6 Å². The lowest BCUT2D eigenvalue weighted by Crippen LogP contribution is -2.39. The zero-order valence-electron chi connectivity index (χ0n) is 13.6. The monoisotopic (exact) mass is 307 g/mol. The Labute approximate surface area is 133 Å². The Morgan fingerprint density at radius 1 is 1.36 bits per heavy atom. The number of nitrogens with zero attached hydrogens (tertiary/aromatic N) is 2. The van der Waals surface area contributed by atoms with Crippen LogP contribution in [0.15, 0.2) is 4.99 Å². The summed E-state index contributed by atoms with van der Waals surface area (Å²) in [5.74, 6) is 3.25. The third kappa shape index (κ3) is 7.32. The summed E-state index contributed by atoms with van der Waals surface area (Å²) < 4.78 is 0. The molecule has 6 heteroatoms. The molecule has 1 saturated heterocycles. The molecule has 1 fully saturated rings. The molecule has 124 valence electrons. The van der Waals surface area contributed by atoms with Crippen molar-refractivity contribution in [1.29, 1.82) is 0 Å². The van der Waals surface area contributed by atoms with Gasteiger partial charge in [-0.25, -0.2) is 0 Å². The molecule has 22 heavy (non-hydrogen) atoms. The van der Waals surface area contributed by atoms with Gasteiger partial charge >= 0.3 is 0 Å². The SMILES string of the molecule is C#CCNC(=NCCCCN1CCC(C(N)=O)CC1)NCC. The van der Waals surface area contributed by atoms with Crippen molar-refractivity contribution in [2.75, 3.05) is 39.3 Å². The summed E-state index contributed by atoms with van der Waals surface area (Å²) in [7, 11) is 0. The van der Waals surface area contributed by atoms with Gasteiger partial charge in [-0.3, -0.25) is 9.79 Å². The molecule has 0 radical (unpaired) electrons. The van der Waals surface area contributed by atoms with Crippen molar-refractivity contribution in [3.63, 3.8) is 0 Å². The van der Waals surface area contributed by atoms with Crippen molar-refractivity contribution in [3.8, 4) is 12.3 Å². The van der Waals surface area contributed by atoms with E-state index in [0.717, 1.165) is 64.4 Å². The number of primary amides is 1. The minimum Gasteiger partial charge on any atom is -0.369 e. The molecule has 0 aromatic carbocycles. The van der Waals surface area contributed by atoms with Crippen LogP contribution in [0.2, 0.25) is 0 Å². The predicted octanol–water partition coefficient (Wildman–Crippen LogP) is 0.152. The average molecular weight is 307 g/mol. The number of unbranched alkanes of at least 4 members (excludes halogenated alkanes) is 1.